The molecule has 7 heteroatoms. The number of anilines is 1. The number of rotatable bonds is 6. The topological polar surface area (TPSA) is 74.3 Å². The van der Waals surface area contributed by atoms with Crippen molar-refractivity contribution in [3.8, 4) is 23.0 Å². The molecule has 34 heavy (non-hydrogen) atoms. The van der Waals surface area contributed by atoms with Gasteiger partial charge in [-0.1, -0.05) is 12.1 Å². The van der Waals surface area contributed by atoms with Gasteiger partial charge in [0.15, 0.2) is 17.3 Å². The quantitative estimate of drug-likeness (QED) is 0.290. The Morgan fingerprint density at radius 3 is 2.47 bits per heavy atom. The lowest BCUT2D eigenvalue weighted by molar-refractivity contribution is 0.0734. The molecule has 0 aliphatic carbocycles. The zero-order valence-corrected chi connectivity index (χ0v) is 18.9. The van der Waals surface area contributed by atoms with Crippen LogP contribution in [0.1, 0.15) is 40.1 Å². The first-order valence-electron chi connectivity index (χ1n) is 11.1. The van der Waals surface area contributed by atoms with Crippen molar-refractivity contribution in [1.82, 2.24) is 0 Å². The standard InChI is InChI=1S/C27H23NO6/c1-3-28(4-2)19-8-5-17(6-9-19)13-25-26(29)21-11-10-20(15-23(21)34-25)33-27(30)18-7-12-22-24(14-18)32-16-31-22/h5-15H,3-4,16H2,1-2H3/b25-13-. The van der Waals surface area contributed by atoms with Gasteiger partial charge in [-0.25, -0.2) is 4.79 Å². The maximum Gasteiger partial charge on any atom is 0.343 e. The average molecular weight is 457 g/mol. The Morgan fingerprint density at radius 1 is 0.941 bits per heavy atom. The second-order valence-electron chi connectivity index (χ2n) is 7.82. The highest BCUT2D eigenvalue weighted by atomic mass is 16.7. The van der Waals surface area contributed by atoms with Crippen molar-refractivity contribution in [2.45, 2.75) is 13.8 Å². The van der Waals surface area contributed by atoms with Crippen molar-refractivity contribution in [1.29, 1.82) is 0 Å². The summed E-state index contributed by atoms with van der Waals surface area (Å²) in [6, 6.07) is 17.5. The lowest BCUT2D eigenvalue weighted by Gasteiger charge is -2.20. The fraction of sp³-hybridized carbons (Fsp3) is 0.185. The van der Waals surface area contributed by atoms with E-state index in [4.69, 9.17) is 18.9 Å². The van der Waals surface area contributed by atoms with E-state index in [0.717, 1.165) is 24.3 Å². The summed E-state index contributed by atoms with van der Waals surface area (Å²) in [6.45, 7) is 6.20. The number of ketones is 1. The average Bonchev–Trinajstić information content (AvgIpc) is 3.44. The summed E-state index contributed by atoms with van der Waals surface area (Å²) in [7, 11) is 0. The molecule has 5 rings (SSSR count). The zero-order valence-electron chi connectivity index (χ0n) is 18.9. The number of carbonyl (C=O) groups excluding carboxylic acids is 2. The maximum absolute atomic E-state index is 12.8. The highest BCUT2D eigenvalue weighted by molar-refractivity contribution is 6.14. The van der Waals surface area contributed by atoms with E-state index in [1.165, 1.54) is 0 Å². The molecular formula is C27H23NO6. The second kappa shape index (κ2) is 8.94. The number of Topliss-reactive ketones (excluding diaryl/α,β-unsaturated/α-hetero) is 1. The van der Waals surface area contributed by atoms with E-state index in [0.29, 0.717) is 28.4 Å². The van der Waals surface area contributed by atoms with Gasteiger partial charge < -0.3 is 23.8 Å². The molecule has 0 bridgehead atoms. The molecule has 0 amide bonds. The zero-order chi connectivity index (χ0) is 23.7. The predicted octanol–water partition coefficient (Wildman–Crippen LogP) is 5.10. The third kappa shape index (κ3) is 4.08. The number of fused-ring (bicyclic) bond motifs is 2. The van der Waals surface area contributed by atoms with Crippen LogP contribution in [0, 0.1) is 0 Å². The molecular weight excluding hydrogens is 434 g/mol. The van der Waals surface area contributed by atoms with Crippen LogP contribution < -0.4 is 23.8 Å². The van der Waals surface area contributed by atoms with Gasteiger partial charge in [0.25, 0.3) is 0 Å². The number of carbonyl (C=O) groups is 2. The minimum Gasteiger partial charge on any atom is -0.454 e. The van der Waals surface area contributed by atoms with E-state index in [1.807, 2.05) is 24.3 Å². The molecule has 0 atom stereocenters. The number of allylic oxidation sites excluding steroid dienone is 1. The van der Waals surface area contributed by atoms with Crippen LogP contribution in [-0.4, -0.2) is 31.6 Å². The van der Waals surface area contributed by atoms with Crippen molar-refractivity contribution in [3.63, 3.8) is 0 Å². The number of esters is 1. The lowest BCUT2D eigenvalue weighted by atomic mass is 10.1. The minimum atomic E-state index is -0.549. The van der Waals surface area contributed by atoms with Crippen molar-refractivity contribution in [2.75, 3.05) is 24.8 Å². The van der Waals surface area contributed by atoms with E-state index in [-0.39, 0.29) is 24.1 Å². The van der Waals surface area contributed by atoms with Gasteiger partial charge in [0.2, 0.25) is 12.6 Å². The minimum absolute atomic E-state index is 0.125. The molecule has 0 unspecified atom stereocenters. The number of benzene rings is 3. The fourth-order valence-corrected chi connectivity index (χ4v) is 3.94. The Bertz CT molecular complexity index is 1290. The number of ether oxygens (including phenoxy) is 4. The molecule has 0 fully saturated rings. The first-order valence-corrected chi connectivity index (χ1v) is 11.1. The summed E-state index contributed by atoms with van der Waals surface area (Å²) in [5.74, 6) is 1.18. The molecule has 0 aromatic heterocycles. The molecule has 2 aliphatic rings. The van der Waals surface area contributed by atoms with Gasteiger partial charge in [-0.05, 0) is 68.0 Å². The Morgan fingerprint density at radius 2 is 1.71 bits per heavy atom. The number of hydrogen-bond donors (Lipinski definition) is 0. The van der Waals surface area contributed by atoms with E-state index < -0.39 is 5.97 Å². The second-order valence-corrected chi connectivity index (χ2v) is 7.82. The van der Waals surface area contributed by atoms with E-state index in [9.17, 15) is 9.59 Å². The number of nitrogens with zero attached hydrogens (tertiary/aromatic N) is 1. The van der Waals surface area contributed by atoms with Gasteiger partial charge in [0, 0.05) is 24.8 Å². The highest BCUT2D eigenvalue weighted by Gasteiger charge is 2.28. The summed E-state index contributed by atoms with van der Waals surface area (Å²) in [5, 5.41) is 0. The van der Waals surface area contributed by atoms with Crippen molar-refractivity contribution < 1.29 is 28.5 Å². The van der Waals surface area contributed by atoms with Crippen LogP contribution in [0.25, 0.3) is 6.08 Å². The van der Waals surface area contributed by atoms with Gasteiger partial charge in [-0.15, -0.1) is 0 Å². The molecule has 172 valence electrons. The van der Waals surface area contributed by atoms with Crippen LogP contribution in [0.2, 0.25) is 0 Å². The normalized spacial score (nSPS) is 14.6. The maximum atomic E-state index is 12.8. The molecule has 2 aliphatic heterocycles. The third-order valence-electron chi connectivity index (χ3n) is 5.78. The summed E-state index contributed by atoms with van der Waals surface area (Å²) in [4.78, 5) is 27.6. The summed E-state index contributed by atoms with van der Waals surface area (Å²) >= 11 is 0. The van der Waals surface area contributed by atoms with Gasteiger partial charge >= 0.3 is 5.97 Å². The van der Waals surface area contributed by atoms with E-state index >= 15 is 0 Å². The first-order chi connectivity index (χ1) is 16.6. The fourth-order valence-electron chi connectivity index (χ4n) is 3.94. The largest absolute Gasteiger partial charge is 0.454 e. The van der Waals surface area contributed by atoms with Crippen LogP contribution in [0.4, 0.5) is 5.69 Å². The Hall–Kier alpha value is -4.26. The molecule has 0 spiro atoms. The molecule has 3 aromatic rings. The van der Waals surface area contributed by atoms with Crippen LogP contribution >= 0.6 is 0 Å². The summed E-state index contributed by atoms with van der Waals surface area (Å²) < 4.78 is 21.9. The molecule has 7 nitrogen and oxygen atoms in total. The predicted molar refractivity (Wildman–Crippen MR) is 127 cm³/mol. The summed E-state index contributed by atoms with van der Waals surface area (Å²) in [6.07, 6.45) is 1.71. The van der Waals surface area contributed by atoms with E-state index in [1.54, 1.807) is 42.5 Å². The van der Waals surface area contributed by atoms with Crippen LogP contribution in [-0.2, 0) is 0 Å². The Balaban J connectivity index is 1.31. The van der Waals surface area contributed by atoms with Gasteiger partial charge in [-0.3, -0.25) is 4.79 Å². The molecule has 2 heterocycles. The smallest absolute Gasteiger partial charge is 0.343 e. The monoisotopic (exact) mass is 457 g/mol. The van der Waals surface area contributed by atoms with Gasteiger partial charge in [0.05, 0.1) is 11.1 Å². The van der Waals surface area contributed by atoms with Gasteiger partial charge in [-0.2, -0.15) is 0 Å². The Labute approximate surface area is 197 Å². The van der Waals surface area contributed by atoms with Crippen LogP contribution in [0.3, 0.4) is 0 Å². The highest BCUT2D eigenvalue weighted by Crippen LogP contribution is 2.36. The van der Waals surface area contributed by atoms with Gasteiger partial charge in [0.1, 0.15) is 11.5 Å². The van der Waals surface area contributed by atoms with E-state index in [2.05, 4.69) is 18.7 Å². The van der Waals surface area contributed by atoms with Crippen LogP contribution in [0.15, 0.2) is 66.4 Å². The molecule has 3 aromatic carbocycles. The molecule has 0 saturated carbocycles. The lowest BCUT2D eigenvalue weighted by Crippen LogP contribution is -2.21. The van der Waals surface area contributed by atoms with Crippen LogP contribution in [0.5, 0.6) is 23.0 Å². The van der Waals surface area contributed by atoms with Crippen molar-refractivity contribution >= 4 is 23.5 Å². The molecule has 0 radical (unpaired) electrons. The van der Waals surface area contributed by atoms with Crippen molar-refractivity contribution in [2.24, 2.45) is 0 Å². The molecule has 0 saturated heterocycles. The van der Waals surface area contributed by atoms with Crippen molar-refractivity contribution in [3.05, 3.63) is 83.1 Å². The first kappa shape index (κ1) is 21.6. The Kier molecular flexibility index (Phi) is 5.67. The molecule has 0 N–H and O–H groups in total. The summed E-state index contributed by atoms with van der Waals surface area (Å²) in [5.41, 5.74) is 2.74. The number of hydrogen-bond acceptors (Lipinski definition) is 7. The SMILES string of the molecule is CCN(CC)c1ccc(/C=C2\Oc3cc(OC(=O)c4ccc5c(c4)OCO5)ccc3C2=O)cc1. The third-order valence-corrected chi connectivity index (χ3v) is 5.78.